The molecule has 2 aromatic heterocycles. The van der Waals surface area contributed by atoms with Crippen molar-refractivity contribution in [2.45, 2.75) is 20.0 Å². The average molecular weight is 470 g/mol. The predicted molar refractivity (Wildman–Crippen MR) is 117 cm³/mol. The highest BCUT2D eigenvalue weighted by atomic mass is 19.4. The van der Waals surface area contributed by atoms with Gasteiger partial charge in [-0.25, -0.2) is 4.79 Å². The molecule has 1 amide bonds. The number of anilines is 2. The van der Waals surface area contributed by atoms with Crippen molar-refractivity contribution in [3.8, 4) is 11.1 Å². The van der Waals surface area contributed by atoms with Gasteiger partial charge in [-0.3, -0.25) is 9.78 Å². The lowest BCUT2D eigenvalue weighted by Gasteiger charge is -2.16. The average Bonchev–Trinajstić information content (AvgIpc) is 3.10. The molecule has 174 valence electrons. The van der Waals surface area contributed by atoms with Crippen molar-refractivity contribution in [1.29, 1.82) is 0 Å². The number of aromatic nitrogens is 2. The number of hydrogen-bond donors (Lipinski definition) is 3. The largest absolute Gasteiger partial charge is 0.478 e. The van der Waals surface area contributed by atoms with E-state index in [-0.39, 0.29) is 16.9 Å². The Morgan fingerprint density at radius 2 is 1.85 bits per heavy atom. The van der Waals surface area contributed by atoms with E-state index in [1.807, 2.05) is 0 Å². The van der Waals surface area contributed by atoms with E-state index in [0.717, 1.165) is 23.3 Å². The van der Waals surface area contributed by atoms with Crippen molar-refractivity contribution in [1.82, 2.24) is 10.1 Å². The van der Waals surface area contributed by atoms with Crippen molar-refractivity contribution in [3.63, 3.8) is 0 Å². The predicted octanol–water partition coefficient (Wildman–Crippen LogP) is 5.07. The highest BCUT2D eigenvalue weighted by Gasteiger charge is 2.32. The Morgan fingerprint density at radius 3 is 2.44 bits per heavy atom. The normalized spacial score (nSPS) is 11.6. The number of aromatic carboxylic acids is 1. The molecular weight excluding hydrogens is 453 g/mol. The molecule has 4 N–H and O–H groups in total. The van der Waals surface area contributed by atoms with E-state index in [2.05, 4.69) is 15.5 Å². The van der Waals surface area contributed by atoms with E-state index in [1.54, 1.807) is 32.0 Å². The van der Waals surface area contributed by atoms with Crippen molar-refractivity contribution >= 4 is 34.2 Å². The Hall–Kier alpha value is -4.41. The molecule has 4 rings (SSSR count). The lowest BCUT2D eigenvalue weighted by molar-refractivity contribution is -0.137. The Kier molecular flexibility index (Phi) is 5.48. The van der Waals surface area contributed by atoms with Gasteiger partial charge in [0, 0.05) is 22.8 Å². The fourth-order valence-corrected chi connectivity index (χ4v) is 3.70. The molecule has 2 heterocycles. The quantitative estimate of drug-likeness (QED) is 0.371. The van der Waals surface area contributed by atoms with Gasteiger partial charge in [0.15, 0.2) is 0 Å². The third-order valence-corrected chi connectivity index (χ3v) is 5.23. The number of carbonyl (C=O) groups excluding carboxylic acids is 1. The number of amides is 1. The van der Waals surface area contributed by atoms with Crippen LogP contribution in [-0.4, -0.2) is 27.1 Å². The summed E-state index contributed by atoms with van der Waals surface area (Å²) in [5.41, 5.74) is 6.15. The summed E-state index contributed by atoms with van der Waals surface area (Å²) >= 11 is 0. The zero-order chi connectivity index (χ0) is 24.8. The van der Waals surface area contributed by atoms with E-state index in [0.29, 0.717) is 28.4 Å². The van der Waals surface area contributed by atoms with Gasteiger partial charge < -0.3 is 20.7 Å². The summed E-state index contributed by atoms with van der Waals surface area (Å²) < 4.78 is 45.2. The van der Waals surface area contributed by atoms with Gasteiger partial charge in [-0.05, 0) is 43.7 Å². The maximum Gasteiger partial charge on any atom is 0.416 e. The van der Waals surface area contributed by atoms with Crippen LogP contribution in [0, 0.1) is 13.8 Å². The van der Waals surface area contributed by atoms with Gasteiger partial charge in [-0.2, -0.15) is 13.2 Å². The van der Waals surface area contributed by atoms with Crippen molar-refractivity contribution in [2.75, 3.05) is 5.32 Å². The molecule has 0 aliphatic heterocycles. The number of aryl methyl sites for hydroxylation is 2. The smallest absolute Gasteiger partial charge is 0.416 e. The fraction of sp³-hybridized carbons (Fsp3) is 0.130. The number of rotatable bonds is 5. The number of carbonyl (C=O) groups is 2. The van der Waals surface area contributed by atoms with Crippen LogP contribution in [-0.2, 0) is 6.18 Å². The number of pyridine rings is 1. The first kappa shape index (κ1) is 22.8. The molecule has 0 unspecified atom stereocenters. The Balaban J connectivity index is 1.89. The van der Waals surface area contributed by atoms with E-state index in [9.17, 15) is 27.9 Å². The number of nitrogens with two attached hydrogens (primary N) is 1. The number of primary amides is 1. The minimum Gasteiger partial charge on any atom is -0.478 e. The number of alkyl halides is 3. The molecule has 2 aromatic carbocycles. The van der Waals surface area contributed by atoms with Crippen molar-refractivity contribution in [2.24, 2.45) is 5.73 Å². The minimum atomic E-state index is -4.78. The fourth-order valence-electron chi connectivity index (χ4n) is 3.70. The molecule has 0 spiro atoms. The summed E-state index contributed by atoms with van der Waals surface area (Å²) in [5, 5.41) is 16.3. The highest BCUT2D eigenvalue weighted by Crippen LogP contribution is 2.36. The van der Waals surface area contributed by atoms with Crippen LogP contribution < -0.4 is 11.1 Å². The van der Waals surface area contributed by atoms with Gasteiger partial charge >= 0.3 is 12.1 Å². The van der Waals surface area contributed by atoms with Gasteiger partial charge in [-0.15, -0.1) is 0 Å². The second-order valence-electron chi connectivity index (χ2n) is 7.57. The maximum atomic E-state index is 13.3. The van der Waals surface area contributed by atoms with Crippen LogP contribution in [0.1, 0.15) is 37.7 Å². The number of nitrogens with zero attached hydrogens (tertiary/aromatic N) is 2. The number of hydrogen-bond acceptors (Lipinski definition) is 6. The second-order valence-corrected chi connectivity index (χ2v) is 7.57. The van der Waals surface area contributed by atoms with Gasteiger partial charge in [-0.1, -0.05) is 17.3 Å². The monoisotopic (exact) mass is 470 g/mol. The van der Waals surface area contributed by atoms with Crippen molar-refractivity contribution in [3.05, 3.63) is 70.7 Å². The molecule has 11 heteroatoms. The zero-order valence-corrected chi connectivity index (χ0v) is 17.8. The van der Waals surface area contributed by atoms with E-state index < -0.39 is 29.2 Å². The van der Waals surface area contributed by atoms with Crippen LogP contribution in [0.15, 0.2) is 47.1 Å². The summed E-state index contributed by atoms with van der Waals surface area (Å²) in [6, 6.07) is 7.38. The highest BCUT2D eigenvalue weighted by molar-refractivity contribution is 6.08. The number of fused-ring (bicyclic) bond motifs is 1. The molecule has 0 saturated heterocycles. The van der Waals surface area contributed by atoms with Crippen molar-refractivity contribution < 1.29 is 32.4 Å². The van der Waals surface area contributed by atoms with E-state index in [1.165, 1.54) is 6.20 Å². The summed E-state index contributed by atoms with van der Waals surface area (Å²) in [5.74, 6) is -1.81. The van der Waals surface area contributed by atoms with Crippen LogP contribution in [0.5, 0.6) is 0 Å². The second kappa shape index (κ2) is 8.18. The lowest BCUT2D eigenvalue weighted by Crippen LogP contribution is -2.15. The van der Waals surface area contributed by atoms with E-state index in [4.69, 9.17) is 10.3 Å². The lowest BCUT2D eigenvalue weighted by atomic mass is 10.0. The number of nitrogens with one attached hydrogen (secondary N) is 1. The third kappa shape index (κ3) is 4.15. The van der Waals surface area contributed by atoms with Gasteiger partial charge in [0.1, 0.15) is 5.76 Å². The first-order valence-electron chi connectivity index (χ1n) is 9.84. The molecule has 34 heavy (non-hydrogen) atoms. The molecule has 0 bridgehead atoms. The summed E-state index contributed by atoms with van der Waals surface area (Å²) in [7, 11) is 0. The topological polar surface area (TPSA) is 131 Å². The van der Waals surface area contributed by atoms with Crippen LogP contribution in [0.4, 0.5) is 24.5 Å². The van der Waals surface area contributed by atoms with Crippen LogP contribution in [0.25, 0.3) is 22.0 Å². The molecule has 0 saturated carbocycles. The number of carboxylic acids is 1. The van der Waals surface area contributed by atoms with Crippen LogP contribution >= 0.6 is 0 Å². The molecule has 0 atom stereocenters. The van der Waals surface area contributed by atoms with Crippen LogP contribution in [0.3, 0.4) is 0 Å². The summed E-state index contributed by atoms with van der Waals surface area (Å²) in [6.45, 7) is 3.53. The van der Waals surface area contributed by atoms with Gasteiger partial charge in [0.05, 0.1) is 33.6 Å². The molecular formula is C23H17F3N4O4. The number of halogens is 3. The molecule has 0 aliphatic carbocycles. The Labute approximate surface area is 190 Å². The standard InChI is InChI=1S/C23H17F3N4O4/c1-10-19(11(2)34-30-10)12-3-4-16-18(7-12)28-9-17(21(27)31)20(16)29-15-6-13(22(32)33)5-14(8-15)23(24,25)26/h3-9H,1-2H3,(H2,27,31)(H,28,29)(H,32,33). The zero-order valence-electron chi connectivity index (χ0n) is 17.8. The number of carboxylic acid groups (broad SMARTS) is 1. The molecule has 4 aromatic rings. The molecule has 0 radical (unpaired) electrons. The SMILES string of the molecule is Cc1noc(C)c1-c1ccc2c(Nc3cc(C(=O)O)cc(C(F)(F)F)c3)c(C(N)=O)cnc2c1. The third-order valence-electron chi connectivity index (χ3n) is 5.23. The number of benzene rings is 2. The Bertz CT molecular complexity index is 1440. The van der Waals surface area contributed by atoms with Gasteiger partial charge in [0.2, 0.25) is 0 Å². The maximum absolute atomic E-state index is 13.3. The summed E-state index contributed by atoms with van der Waals surface area (Å²) in [4.78, 5) is 27.7. The van der Waals surface area contributed by atoms with E-state index >= 15 is 0 Å². The molecule has 8 nitrogen and oxygen atoms in total. The first-order valence-corrected chi connectivity index (χ1v) is 9.84. The Morgan fingerprint density at radius 1 is 1.12 bits per heavy atom. The van der Waals surface area contributed by atoms with Gasteiger partial charge in [0.25, 0.3) is 5.91 Å². The summed E-state index contributed by atoms with van der Waals surface area (Å²) in [6.07, 6.45) is -3.58. The molecule has 0 fully saturated rings. The first-order chi connectivity index (χ1) is 16.0. The minimum absolute atomic E-state index is 0.0770. The van der Waals surface area contributed by atoms with Crippen LogP contribution in [0.2, 0.25) is 0 Å². The molecule has 0 aliphatic rings.